The van der Waals surface area contributed by atoms with E-state index in [2.05, 4.69) is 0 Å². The van der Waals surface area contributed by atoms with Crippen molar-refractivity contribution < 1.29 is 4.79 Å². The van der Waals surface area contributed by atoms with Crippen LogP contribution in [0.1, 0.15) is 18.1 Å². The van der Waals surface area contributed by atoms with E-state index in [4.69, 9.17) is 5.73 Å². The topological polar surface area (TPSA) is 43.1 Å². The molecule has 2 N–H and O–H groups in total. The van der Waals surface area contributed by atoms with Crippen LogP contribution < -0.4 is 5.73 Å². The molecule has 0 saturated heterocycles. The van der Waals surface area contributed by atoms with Crippen LogP contribution in [0.2, 0.25) is 0 Å². The summed E-state index contributed by atoms with van der Waals surface area (Å²) in [7, 11) is 0. The molecule has 1 aromatic carbocycles. The molecular formula is C10H13NO. The predicted molar refractivity (Wildman–Crippen MR) is 48.7 cm³/mol. The molecule has 0 unspecified atom stereocenters. The van der Waals surface area contributed by atoms with Crippen molar-refractivity contribution in [3.63, 3.8) is 0 Å². The predicted octanol–water partition coefficient (Wildman–Crippen LogP) is 1.28. The minimum Gasteiger partial charge on any atom is -0.326 e. The fourth-order valence-electron chi connectivity index (χ4n) is 1.08. The van der Waals surface area contributed by atoms with Gasteiger partial charge in [0.2, 0.25) is 0 Å². The molecule has 0 amide bonds. The number of benzene rings is 1. The van der Waals surface area contributed by atoms with Crippen molar-refractivity contribution in [1.29, 1.82) is 0 Å². The average molecular weight is 163 g/mol. The molecule has 0 bridgehead atoms. The number of rotatable bonds is 3. The number of nitrogens with two attached hydrogens (primary N) is 1. The maximum absolute atomic E-state index is 10.7. The molecule has 2 heteroatoms. The summed E-state index contributed by atoms with van der Waals surface area (Å²) >= 11 is 0. The van der Waals surface area contributed by atoms with Crippen molar-refractivity contribution in [1.82, 2.24) is 0 Å². The quantitative estimate of drug-likeness (QED) is 0.729. The maximum Gasteiger partial charge on any atom is 0.134 e. The van der Waals surface area contributed by atoms with E-state index < -0.39 is 0 Å². The summed E-state index contributed by atoms with van der Waals surface area (Å²) in [5.41, 5.74) is 7.59. The lowest BCUT2D eigenvalue weighted by atomic mass is 10.1. The summed E-state index contributed by atoms with van der Waals surface area (Å²) in [4.78, 5) is 10.7. The third kappa shape index (κ3) is 2.47. The molecule has 0 aliphatic heterocycles. The number of Topliss-reactive ketones (excluding diaryl/α,β-unsaturated/α-hetero) is 1. The number of carbonyl (C=O) groups is 1. The summed E-state index contributed by atoms with van der Waals surface area (Å²) in [6, 6.07) is 7.81. The van der Waals surface area contributed by atoms with Crippen molar-refractivity contribution in [2.24, 2.45) is 5.73 Å². The molecule has 1 rings (SSSR count). The number of hydrogen-bond acceptors (Lipinski definition) is 2. The van der Waals surface area contributed by atoms with Crippen LogP contribution in [0.4, 0.5) is 0 Å². The summed E-state index contributed by atoms with van der Waals surface area (Å²) in [5, 5.41) is 0. The minimum absolute atomic E-state index is 0.190. The highest BCUT2D eigenvalue weighted by atomic mass is 16.1. The van der Waals surface area contributed by atoms with Gasteiger partial charge in [0.25, 0.3) is 0 Å². The zero-order chi connectivity index (χ0) is 8.97. The Morgan fingerprint density at radius 1 is 1.25 bits per heavy atom. The van der Waals surface area contributed by atoms with Crippen LogP contribution >= 0.6 is 0 Å². The Morgan fingerprint density at radius 2 is 1.75 bits per heavy atom. The van der Waals surface area contributed by atoms with E-state index in [0.29, 0.717) is 13.0 Å². The van der Waals surface area contributed by atoms with E-state index in [-0.39, 0.29) is 5.78 Å². The molecule has 0 aliphatic rings. The Bertz CT molecular complexity index is 264. The Balaban J connectivity index is 2.71. The molecule has 0 spiro atoms. The largest absolute Gasteiger partial charge is 0.326 e. The van der Waals surface area contributed by atoms with Crippen LogP contribution in [-0.2, 0) is 17.8 Å². The molecule has 0 saturated carbocycles. The van der Waals surface area contributed by atoms with E-state index in [0.717, 1.165) is 11.1 Å². The van der Waals surface area contributed by atoms with Crippen LogP contribution in [0.3, 0.4) is 0 Å². The molecule has 0 heterocycles. The highest BCUT2D eigenvalue weighted by Crippen LogP contribution is 2.04. The van der Waals surface area contributed by atoms with Gasteiger partial charge in [-0.3, -0.25) is 4.79 Å². The first-order valence-corrected chi connectivity index (χ1v) is 3.99. The van der Waals surface area contributed by atoms with Gasteiger partial charge in [-0.05, 0) is 18.1 Å². The van der Waals surface area contributed by atoms with Crippen molar-refractivity contribution in [2.75, 3.05) is 0 Å². The normalized spacial score (nSPS) is 9.83. The van der Waals surface area contributed by atoms with Gasteiger partial charge >= 0.3 is 0 Å². The summed E-state index contributed by atoms with van der Waals surface area (Å²) in [5.74, 6) is 0.190. The Hall–Kier alpha value is -1.15. The zero-order valence-electron chi connectivity index (χ0n) is 7.21. The fourth-order valence-corrected chi connectivity index (χ4v) is 1.08. The van der Waals surface area contributed by atoms with Gasteiger partial charge in [-0.2, -0.15) is 0 Å². The third-order valence-electron chi connectivity index (χ3n) is 1.71. The molecule has 2 nitrogen and oxygen atoms in total. The Morgan fingerprint density at radius 3 is 2.17 bits per heavy atom. The van der Waals surface area contributed by atoms with Crippen molar-refractivity contribution in [2.45, 2.75) is 19.9 Å². The van der Waals surface area contributed by atoms with E-state index in [9.17, 15) is 4.79 Å². The first kappa shape index (κ1) is 8.94. The molecule has 0 radical (unpaired) electrons. The van der Waals surface area contributed by atoms with Gasteiger partial charge in [0.15, 0.2) is 0 Å². The smallest absolute Gasteiger partial charge is 0.134 e. The third-order valence-corrected chi connectivity index (χ3v) is 1.71. The molecule has 0 atom stereocenters. The summed E-state index contributed by atoms with van der Waals surface area (Å²) < 4.78 is 0. The lowest BCUT2D eigenvalue weighted by Crippen LogP contribution is -1.98. The molecular weight excluding hydrogens is 150 g/mol. The number of hydrogen-bond donors (Lipinski definition) is 1. The van der Waals surface area contributed by atoms with Crippen molar-refractivity contribution in [3.05, 3.63) is 35.4 Å². The first-order chi connectivity index (χ1) is 5.72. The standard InChI is InChI=1S/C10H13NO/c1-8(12)6-9-2-4-10(7-11)5-3-9/h2-5H,6-7,11H2,1H3. The lowest BCUT2D eigenvalue weighted by molar-refractivity contribution is -0.116. The minimum atomic E-state index is 0.190. The van der Waals surface area contributed by atoms with Gasteiger partial charge in [0.1, 0.15) is 5.78 Å². The SMILES string of the molecule is CC(=O)Cc1ccc(CN)cc1. The lowest BCUT2D eigenvalue weighted by Gasteiger charge is -1.99. The van der Waals surface area contributed by atoms with Gasteiger partial charge in [0, 0.05) is 13.0 Å². The van der Waals surface area contributed by atoms with E-state index in [1.165, 1.54) is 0 Å². The van der Waals surface area contributed by atoms with Crippen molar-refractivity contribution in [3.8, 4) is 0 Å². The van der Waals surface area contributed by atoms with Gasteiger partial charge in [-0.15, -0.1) is 0 Å². The van der Waals surface area contributed by atoms with E-state index in [1.807, 2.05) is 24.3 Å². The highest BCUT2D eigenvalue weighted by molar-refractivity contribution is 5.78. The van der Waals surface area contributed by atoms with Gasteiger partial charge < -0.3 is 5.73 Å². The molecule has 0 aromatic heterocycles. The van der Waals surface area contributed by atoms with Crippen LogP contribution in [0.25, 0.3) is 0 Å². The van der Waals surface area contributed by atoms with Crippen LogP contribution in [0.15, 0.2) is 24.3 Å². The second-order valence-corrected chi connectivity index (χ2v) is 2.90. The van der Waals surface area contributed by atoms with Crippen LogP contribution in [0.5, 0.6) is 0 Å². The number of carbonyl (C=O) groups excluding carboxylic acids is 1. The fraction of sp³-hybridized carbons (Fsp3) is 0.300. The first-order valence-electron chi connectivity index (χ1n) is 3.99. The molecule has 1 aromatic rings. The Labute approximate surface area is 72.4 Å². The number of ketones is 1. The summed E-state index contributed by atoms with van der Waals surface area (Å²) in [6.07, 6.45) is 0.519. The van der Waals surface area contributed by atoms with Gasteiger partial charge in [-0.1, -0.05) is 24.3 Å². The second kappa shape index (κ2) is 4.02. The monoisotopic (exact) mass is 163 g/mol. The van der Waals surface area contributed by atoms with Crippen LogP contribution in [-0.4, -0.2) is 5.78 Å². The zero-order valence-corrected chi connectivity index (χ0v) is 7.21. The van der Waals surface area contributed by atoms with Gasteiger partial charge in [0.05, 0.1) is 0 Å². The van der Waals surface area contributed by atoms with Crippen molar-refractivity contribution >= 4 is 5.78 Å². The molecule has 64 valence electrons. The van der Waals surface area contributed by atoms with Crippen LogP contribution in [0, 0.1) is 0 Å². The second-order valence-electron chi connectivity index (χ2n) is 2.90. The molecule has 12 heavy (non-hydrogen) atoms. The average Bonchev–Trinajstić information content (AvgIpc) is 2.05. The highest BCUT2D eigenvalue weighted by Gasteiger charge is 1.96. The van der Waals surface area contributed by atoms with E-state index >= 15 is 0 Å². The molecule has 0 fully saturated rings. The van der Waals surface area contributed by atoms with E-state index in [1.54, 1.807) is 6.92 Å². The maximum atomic E-state index is 10.7. The molecule has 0 aliphatic carbocycles. The summed E-state index contributed by atoms with van der Waals surface area (Å²) in [6.45, 7) is 2.15. The van der Waals surface area contributed by atoms with Gasteiger partial charge in [-0.25, -0.2) is 0 Å². The Kier molecular flexibility index (Phi) is 3.00.